The molecule has 0 aliphatic carbocycles. The highest BCUT2D eigenvalue weighted by Crippen LogP contribution is 2.28. The summed E-state index contributed by atoms with van der Waals surface area (Å²) >= 11 is 0. The number of carbonyl (C=O) groups excluding carboxylic acids is 1. The molecule has 2 bridgehead atoms. The fourth-order valence-corrected chi connectivity index (χ4v) is 3.34. The number of nitrogens with one attached hydrogen (secondary N) is 1. The Labute approximate surface area is 125 Å². The normalized spacial score (nSPS) is 25.4. The van der Waals surface area contributed by atoms with Crippen LogP contribution in [0.2, 0.25) is 0 Å². The second kappa shape index (κ2) is 6.13. The summed E-state index contributed by atoms with van der Waals surface area (Å²) in [7, 11) is 0. The van der Waals surface area contributed by atoms with E-state index in [0.717, 1.165) is 38.2 Å². The molecule has 116 valence electrons. The quantitative estimate of drug-likeness (QED) is 0.910. The lowest BCUT2D eigenvalue weighted by Crippen LogP contribution is -2.42. The van der Waals surface area contributed by atoms with Crippen LogP contribution in [0.1, 0.15) is 57.2 Å². The van der Waals surface area contributed by atoms with Gasteiger partial charge in [0.2, 0.25) is 11.8 Å². The molecule has 2 aliphatic rings. The molecular formula is C15H24N4O2. The minimum absolute atomic E-state index is 0.232. The van der Waals surface area contributed by atoms with Gasteiger partial charge in [-0.15, -0.1) is 0 Å². The van der Waals surface area contributed by atoms with Crippen LogP contribution in [-0.4, -0.2) is 46.1 Å². The molecule has 2 saturated heterocycles. The van der Waals surface area contributed by atoms with Crippen LogP contribution in [0.3, 0.4) is 0 Å². The van der Waals surface area contributed by atoms with Crippen molar-refractivity contribution in [3.63, 3.8) is 0 Å². The number of rotatable bonds is 4. The monoisotopic (exact) mass is 292 g/mol. The summed E-state index contributed by atoms with van der Waals surface area (Å²) in [5, 5.41) is 7.36. The van der Waals surface area contributed by atoms with Gasteiger partial charge in [0.25, 0.3) is 0 Å². The van der Waals surface area contributed by atoms with Gasteiger partial charge < -0.3 is 14.7 Å². The number of carbonyl (C=O) groups is 1. The van der Waals surface area contributed by atoms with Gasteiger partial charge in [0.1, 0.15) is 0 Å². The fraction of sp³-hybridized carbons (Fsp3) is 0.800. The predicted molar refractivity (Wildman–Crippen MR) is 77.9 cm³/mol. The van der Waals surface area contributed by atoms with Crippen molar-refractivity contribution in [1.29, 1.82) is 0 Å². The molecule has 0 spiro atoms. The van der Waals surface area contributed by atoms with Gasteiger partial charge in [-0.05, 0) is 25.8 Å². The molecule has 2 unspecified atom stereocenters. The first-order chi connectivity index (χ1) is 10.1. The third-order valence-electron chi connectivity index (χ3n) is 4.50. The molecule has 1 aromatic heterocycles. The van der Waals surface area contributed by atoms with Crippen LogP contribution in [-0.2, 0) is 11.2 Å². The average Bonchev–Trinajstić information content (AvgIpc) is 3.00. The van der Waals surface area contributed by atoms with Crippen LogP contribution < -0.4 is 5.32 Å². The molecule has 1 amide bonds. The standard InChI is InChI=1S/C15H24N4O2/c1-10(2)15-17-13(21-18-15)5-6-14(20)19-11-3-4-12(19)9-16-8-7-11/h10-12,16H,3-9H2,1-2H3. The summed E-state index contributed by atoms with van der Waals surface area (Å²) in [4.78, 5) is 19.0. The van der Waals surface area contributed by atoms with Gasteiger partial charge in [0.05, 0.1) is 0 Å². The maximum absolute atomic E-state index is 12.5. The molecule has 21 heavy (non-hydrogen) atoms. The maximum Gasteiger partial charge on any atom is 0.227 e. The van der Waals surface area contributed by atoms with E-state index in [1.54, 1.807) is 0 Å². The molecule has 2 fully saturated rings. The molecular weight excluding hydrogens is 268 g/mol. The predicted octanol–water partition coefficient (Wildman–Crippen LogP) is 1.48. The minimum atomic E-state index is 0.232. The van der Waals surface area contributed by atoms with E-state index in [1.807, 2.05) is 13.8 Å². The Morgan fingerprint density at radius 3 is 2.95 bits per heavy atom. The van der Waals surface area contributed by atoms with Gasteiger partial charge in [0.15, 0.2) is 5.82 Å². The lowest BCUT2D eigenvalue weighted by atomic mass is 10.1. The molecule has 1 aromatic rings. The molecule has 6 heteroatoms. The van der Waals surface area contributed by atoms with E-state index in [0.29, 0.717) is 30.8 Å². The highest BCUT2D eigenvalue weighted by molar-refractivity contribution is 5.77. The largest absolute Gasteiger partial charge is 0.339 e. The first-order valence-corrected chi connectivity index (χ1v) is 7.99. The summed E-state index contributed by atoms with van der Waals surface area (Å²) in [5.41, 5.74) is 0. The van der Waals surface area contributed by atoms with Crippen molar-refractivity contribution in [3.8, 4) is 0 Å². The molecule has 0 saturated carbocycles. The Morgan fingerprint density at radius 2 is 2.19 bits per heavy atom. The number of aryl methyl sites for hydroxylation is 1. The topological polar surface area (TPSA) is 71.3 Å². The first-order valence-electron chi connectivity index (χ1n) is 7.99. The number of amides is 1. The van der Waals surface area contributed by atoms with Gasteiger partial charge in [-0.3, -0.25) is 4.79 Å². The van der Waals surface area contributed by atoms with E-state index in [1.165, 1.54) is 0 Å². The van der Waals surface area contributed by atoms with E-state index in [9.17, 15) is 4.79 Å². The second-order valence-electron chi connectivity index (χ2n) is 6.38. The summed E-state index contributed by atoms with van der Waals surface area (Å²) in [5.74, 6) is 1.78. The van der Waals surface area contributed by atoms with Crippen molar-refractivity contribution < 1.29 is 9.32 Å². The van der Waals surface area contributed by atoms with E-state index in [4.69, 9.17) is 4.52 Å². The highest BCUT2D eigenvalue weighted by Gasteiger charge is 2.37. The molecule has 0 radical (unpaired) electrons. The fourth-order valence-electron chi connectivity index (χ4n) is 3.34. The lowest BCUT2D eigenvalue weighted by Gasteiger charge is -2.27. The molecule has 2 aliphatic heterocycles. The number of aromatic nitrogens is 2. The summed E-state index contributed by atoms with van der Waals surface area (Å²) in [6.45, 7) is 6.01. The van der Waals surface area contributed by atoms with Gasteiger partial charge in [-0.1, -0.05) is 19.0 Å². The van der Waals surface area contributed by atoms with Crippen molar-refractivity contribution in [2.75, 3.05) is 13.1 Å². The maximum atomic E-state index is 12.5. The van der Waals surface area contributed by atoms with Crippen LogP contribution in [0, 0.1) is 0 Å². The van der Waals surface area contributed by atoms with Crippen LogP contribution in [0.5, 0.6) is 0 Å². The smallest absolute Gasteiger partial charge is 0.227 e. The molecule has 0 aromatic carbocycles. The Balaban J connectivity index is 1.58. The zero-order valence-electron chi connectivity index (χ0n) is 12.8. The van der Waals surface area contributed by atoms with Gasteiger partial charge >= 0.3 is 0 Å². The number of nitrogens with zero attached hydrogens (tertiary/aromatic N) is 3. The van der Waals surface area contributed by atoms with Gasteiger partial charge in [-0.25, -0.2) is 0 Å². The number of fused-ring (bicyclic) bond motifs is 2. The van der Waals surface area contributed by atoms with E-state index in [-0.39, 0.29) is 11.8 Å². The van der Waals surface area contributed by atoms with Gasteiger partial charge in [0, 0.05) is 37.4 Å². The van der Waals surface area contributed by atoms with Crippen molar-refractivity contribution in [1.82, 2.24) is 20.4 Å². The van der Waals surface area contributed by atoms with Crippen molar-refractivity contribution in [2.45, 2.75) is 64.0 Å². The van der Waals surface area contributed by atoms with Crippen molar-refractivity contribution >= 4 is 5.91 Å². The highest BCUT2D eigenvalue weighted by atomic mass is 16.5. The van der Waals surface area contributed by atoms with Crippen molar-refractivity contribution in [2.24, 2.45) is 0 Å². The Hall–Kier alpha value is -1.43. The third-order valence-corrected chi connectivity index (χ3v) is 4.50. The third kappa shape index (κ3) is 3.10. The molecule has 3 rings (SSSR count). The lowest BCUT2D eigenvalue weighted by molar-refractivity contribution is -0.133. The average molecular weight is 292 g/mol. The Bertz CT molecular complexity index is 486. The first kappa shape index (κ1) is 14.5. The zero-order valence-corrected chi connectivity index (χ0v) is 12.8. The SMILES string of the molecule is CC(C)c1noc(CCC(=O)N2C3CCNCC2CC3)n1. The summed E-state index contributed by atoms with van der Waals surface area (Å²) in [6.07, 6.45) is 4.35. The van der Waals surface area contributed by atoms with E-state index >= 15 is 0 Å². The zero-order chi connectivity index (χ0) is 14.8. The summed E-state index contributed by atoms with van der Waals surface area (Å²) in [6, 6.07) is 0.797. The number of hydrogen-bond donors (Lipinski definition) is 1. The van der Waals surface area contributed by atoms with Crippen LogP contribution in [0.25, 0.3) is 0 Å². The molecule has 1 N–H and O–H groups in total. The summed E-state index contributed by atoms with van der Waals surface area (Å²) < 4.78 is 5.21. The minimum Gasteiger partial charge on any atom is -0.339 e. The van der Waals surface area contributed by atoms with Crippen molar-refractivity contribution in [3.05, 3.63) is 11.7 Å². The Morgan fingerprint density at radius 1 is 1.38 bits per heavy atom. The van der Waals surface area contributed by atoms with Crippen LogP contribution >= 0.6 is 0 Å². The van der Waals surface area contributed by atoms with Crippen LogP contribution in [0.15, 0.2) is 4.52 Å². The molecule has 2 atom stereocenters. The molecule has 6 nitrogen and oxygen atoms in total. The number of hydrogen-bond acceptors (Lipinski definition) is 5. The van der Waals surface area contributed by atoms with E-state index < -0.39 is 0 Å². The second-order valence-corrected chi connectivity index (χ2v) is 6.38. The Kier molecular flexibility index (Phi) is 4.24. The van der Waals surface area contributed by atoms with Crippen LogP contribution in [0.4, 0.5) is 0 Å². The van der Waals surface area contributed by atoms with Gasteiger partial charge in [-0.2, -0.15) is 4.98 Å². The molecule has 3 heterocycles. The van der Waals surface area contributed by atoms with E-state index in [2.05, 4.69) is 20.4 Å².